The van der Waals surface area contributed by atoms with Crippen LogP contribution >= 0.6 is 31.9 Å². The highest BCUT2D eigenvalue weighted by Gasteiger charge is 2.19. The third-order valence-corrected chi connectivity index (χ3v) is 5.81. The third-order valence-electron chi connectivity index (χ3n) is 4.88. The number of para-hydroxylation sites is 1. The summed E-state index contributed by atoms with van der Waals surface area (Å²) in [5.74, 6) is 0.408. The summed E-state index contributed by atoms with van der Waals surface area (Å²) in [5, 5.41) is 0.941. The summed E-state index contributed by atoms with van der Waals surface area (Å²) in [5.41, 5.74) is 1.34. The highest BCUT2D eigenvalue weighted by molar-refractivity contribution is 9.11. The number of rotatable bonds is 4. The maximum absolute atomic E-state index is 13.3. The highest BCUT2D eigenvalue weighted by atomic mass is 79.9. The van der Waals surface area contributed by atoms with Gasteiger partial charge in [-0.15, -0.1) is 0 Å². The molecule has 0 radical (unpaired) electrons. The topological polar surface area (TPSA) is 87.6 Å². The first kappa shape index (κ1) is 20.7. The van der Waals surface area contributed by atoms with E-state index in [-0.39, 0.29) is 6.54 Å². The van der Waals surface area contributed by atoms with Crippen molar-refractivity contribution in [2.24, 2.45) is 7.05 Å². The molecule has 1 aromatic carbocycles. The fraction of sp³-hybridized carbons (Fsp3) is 0.250. The molecule has 0 unspecified atom stereocenters. The molecule has 0 saturated carbocycles. The molecule has 0 fully saturated rings. The molecule has 0 aliphatic rings. The van der Waals surface area contributed by atoms with Gasteiger partial charge >= 0.3 is 5.69 Å². The normalized spacial score (nSPS) is 12.2. The molecular weight excluding hydrogens is 516 g/mol. The van der Waals surface area contributed by atoms with Gasteiger partial charge in [-0.25, -0.2) is 19.7 Å². The van der Waals surface area contributed by atoms with Crippen LogP contribution in [0.5, 0.6) is 0 Å². The van der Waals surface area contributed by atoms with Crippen molar-refractivity contribution in [1.82, 2.24) is 28.7 Å². The Morgan fingerprint density at radius 1 is 1.13 bits per heavy atom. The van der Waals surface area contributed by atoms with Gasteiger partial charge in [-0.3, -0.25) is 13.9 Å². The van der Waals surface area contributed by atoms with E-state index in [2.05, 4.69) is 46.8 Å². The van der Waals surface area contributed by atoms with Gasteiger partial charge in [0.05, 0.1) is 12.1 Å². The molecule has 3 heterocycles. The van der Waals surface area contributed by atoms with E-state index in [9.17, 15) is 9.59 Å². The molecule has 154 valence electrons. The van der Waals surface area contributed by atoms with Crippen LogP contribution in [0.15, 0.2) is 49.1 Å². The number of halogens is 2. The van der Waals surface area contributed by atoms with E-state index in [1.165, 1.54) is 4.57 Å². The molecule has 0 aliphatic heterocycles. The molecule has 3 aromatic heterocycles. The summed E-state index contributed by atoms with van der Waals surface area (Å²) in [6.45, 7) is 4.19. The summed E-state index contributed by atoms with van der Waals surface area (Å²) >= 11 is 6.80. The smallest absolute Gasteiger partial charge is 0.309 e. The monoisotopic (exact) mass is 532 g/mol. The van der Waals surface area contributed by atoms with E-state index in [0.717, 1.165) is 25.6 Å². The number of aryl methyl sites for hydroxylation is 2. The Bertz CT molecular complexity index is 1440. The summed E-state index contributed by atoms with van der Waals surface area (Å²) in [6.07, 6.45) is 1.91. The van der Waals surface area contributed by atoms with Crippen LogP contribution in [0, 0.1) is 6.92 Å². The first-order valence-electron chi connectivity index (χ1n) is 9.18. The molecule has 0 bridgehead atoms. The van der Waals surface area contributed by atoms with Gasteiger partial charge in [0, 0.05) is 24.7 Å². The number of hydrogen-bond donors (Lipinski definition) is 0. The van der Waals surface area contributed by atoms with Crippen molar-refractivity contribution in [2.75, 3.05) is 0 Å². The minimum absolute atomic E-state index is 0.0246. The number of imidazole rings is 1. The van der Waals surface area contributed by atoms with Crippen LogP contribution < -0.4 is 11.2 Å². The maximum atomic E-state index is 13.3. The van der Waals surface area contributed by atoms with Crippen LogP contribution in [0.4, 0.5) is 0 Å². The summed E-state index contributed by atoms with van der Waals surface area (Å²) in [4.78, 5) is 39.7. The minimum Gasteiger partial charge on any atom is -0.309 e. The predicted octanol–water partition coefficient (Wildman–Crippen LogP) is 3.26. The zero-order chi connectivity index (χ0) is 21.6. The molecule has 0 saturated heterocycles. The molecule has 8 nitrogen and oxygen atoms in total. The van der Waals surface area contributed by atoms with E-state index in [0.29, 0.717) is 28.3 Å². The largest absolute Gasteiger partial charge is 0.332 e. The fourth-order valence-corrected chi connectivity index (χ4v) is 4.01. The van der Waals surface area contributed by atoms with E-state index < -0.39 is 11.2 Å². The highest BCUT2D eigenvalue weighted by Crippen LogP contribution is 2.18. The molecule has 0 amide bonds. The molecule has 0 spiro atoms. The molecule has 0 atom stereocenters. The zero-order valence-corrected chi connectivity index (χ0v) is 19.7. The minimum atomic E-state index is -0.466. The van der Waals surface area contributed by atoms with Crippen molar-refractivity contribution >= 4 is 53.9 Å². The quantitative estimate of drug-likeness (QED) is 0.376. The molecule has 0 aliphatic carbocycles. The molecule has 4 aromatic rings. The second kappa shape index (κ2) is 7.92. The van der Waals surface area contributed by atoms with Crippen molar-refractivity contribution in [2.45, 2.75) is 26.9 Å². The van der Waals surface area contributed by atoms with Gasteiger partial charge in [0.15, 0.2) is 15.9 Å². The van der Waals surface area contributed by atoms with Crippen LogP contribution in [0.1, 0.15) is 18.4 Å². The van der Waals surface area contributed by atoms with Gasteiger partial charge in [-0.2, -0.15) is 0 Å². The number of fused-ring (bicyclic) bond motifs is 2. The number of hydrogen-bond acceptors (Lipinski definition) is 5. The molecule has 0 N–H and O–H groups in total. The Balaban J connectivity index is 1.91. The number of nitrogens with zero attached hydrogens (tertiary/aromatic N) is 6. The number of allylic oxidation sites excluding steroid dienone is 2. The van der Waals surface area contributed by atoms with Crippen LogP contribution in [0.25, 0.3) is 22.1 Å². The first-order valence-corrected chi connectivity index (χ1v) is 10.8. The Labute approximate surface area is 188 Å². The van der Waals surface area contributed by atoms with Gasteiger partial charge in [0.25, 0.3) is 5.56 Å². The Hall–Kier alpha value is -2.59. The van der Waals surface area contributed by atoms with Crippen molar-refractivity contribution < 1.29 is 0 Å². The van der Waals surface area contributed by atoms with Crippen LogP contribution in [-0.2, 0) is 20.1 Å². The standard InChI is InChI=1S/C20H18Br2N6O2/c1-11(21)8-9-27-16-17(25-19(27)22)26(3)20(30)28(18(16)29)10-15-23-12(2)13-6-4-5-7-14(13)24-15/h4-8H,9-10H2,1-3H3. The van der Waals surface area contributed by atoms with Crippen molar-refractivity contribution in [3.63, 3.8) is 0 Å². The predicted molar refractivity (Wildman–Crippen MR) is 123 cm³/mol. The molecule has 10 heteroatoms. The molecular formula is C20H18Br2N6O2. The van der Waals surface area contributed by atoms with E-state index in [1.54, 1.807) is 11.6 Å². The average molecular weight is 534 g/mol. The first-order chi connectivity index (χ1) is 14.3. The Kier molecular flexibility index (Phi) is 5.46. The van der Waals surface area contributed by atoms with E-state index in [4.69, 9.17) is 0 Å². The van der Waals surface area contributed by atoms with Gasteiger partial charge < -0.3 is 4.57 Å². The fourth-order valence-electron chi connectivity index (χ4n) is 3.38. The lowest BCUT2D eigenvalue weighted by molar-refractivity contribution is 0.632. The Morgan fingerprint density at radius 3 is 2.60 bits per heavy atom. The van der Waals surface area contributed by atoms with Gasteiger partial charge in [-0.1, -0.05) is 40.2 Å². The lowest BCUT2D eigenvalue weighted by Gasteiger charge is -2.10. The summed E-state index contributed by atoms with van der Waals surface area (Å²) in [7, 11) is 1.60. The zero-order valence-electron chi connectivity index (χ0n) is 16.6. The van der Waals surface area contributed by atoms with Gasteiger partial charge in [0.2, 0.25) is 0 Å². The van der Waals surface area contributed by atoms with Crippen molar-refractivity contribution in [3.05, 3.63) is 71.9 Å². The lowest BCUT2D eigenvalue weighted by Crippen LogP contribution is -2.40. The average Bonchev–Trinajstić information content (AvgIpc) is 3.04. The van der Waals surface area contributed by atoms with Gasteiger partial charge in [-0.05, 0) is 40.3 Å². The van der Waals surface area contributed by atoms with Crippen LogP contribution in [0.3, 0.4) is 0 Å². The molecule has 30 heavy (non-hydrogen) atoms. The molecule has 4 rings (SSSR count). The van der Waals surface area contributed by atoms with Gasteiger partial charge in [0.1, 0.15) is 5.82 Å². The number of aromatic nitrogens is 6. The second-order valence-corrected chi connectivity index (χ2v) is 8.89. The Morgan fingerprint density at radius 2 is 1.87 bits per heavy atom. The SMILES string of the molecule is CC(Br)=CCn1c(Br)nc2c1c(=O)n(Cc1nc(C)c3ccccc3n1)c(=O)n2C. The summed E-state index contributed by atoms with van der Waals surface area (Å²) in [6, 6.07) is 7.65. The van der Waals surface area contributed by atoms with Crippen LogP contribution in [-0.4, -0.2) is 28.7 Å². The van der Waals surface area contributed by atoms with Crippen LogP contribution in [0.2, 0.25) is 0 Å². The van der Waals surface area contributed by atoms with E-state index in [1.807, 2.05) is 44.2 Å². The van der Waals surface area contributed by atoms with Crippen molar-refractivity contribution in [1.29, 1.82) is 0 Å². The number of benzene rings is 1. The van der Waals surface area contributed by atoms with E-state index >= 15 is 0 Å². The lowest BCUT2D eigenvalue weighted by atomic mass is 10.2. The van der Waals surface area contributed by atoms with Crippen molar-refractivity contribution in [3.8, 4) is 0 Å². The summed E-state index contributed by atoms with van der Waals surface area (Å²) < 4.78 is 5.66. The third kappa shape index (κ3) is 3.54. The second-order valence-electron chi connectivity index (χ2n) is 6.93. The maximum Gasteiger partial charge on any atom is 0.332 e.